The molecule has 26 heavy (non-hydrogen) atoms. The first-order valence-corrected chi connectivity index (χ1v) is 9.68. The lowest BCUT2D eigenvalue weighted by atomic mass is 10.1. The van der Waals surface area contributed by atoms with Crippen molar-refractivity contribution in [3.8, 4) is 0 Å². The SMILES string of the molecule is CCNC(=NCCc1csc(C(C)C)n1)NCCc1ccccc1F.I. The molecule has 0 amide bonds. The number of thiazole rings is 1. The minimum atomic E-state index is -0.157. The third kappa shape index (κ3) is 7.57. The number of aliphatic imine (C=N–C) groups is 1. The Morgan fingerprint density at radius 1 is 1.23 bits per heavy atom. The molecule has 0 saturated carbocycles. The first kappa shape index (κ1) is 22.8. The molecule has 0 unspecified atom stereocenters. The number of nitrogens with zero attached hydrogens (tertiary/aromatic N) is 2. The molecular weight excluding hydrogens is 462 g/mol. The lowest BCUT2D eigenvalue weighted by Crippen LogP contribution is -2.38. The monoisotopic (exact) mass is 490 g/mol. The fourth-order valence-corrected chi connectivity index (χ4v) is 3.21. The topological polar surface area (TPSA) is 49.3 Å². The van der Waals surface area contributed by atoms with Crippen LogP contribution in [-0.4, -0.2) is 30.6 Å². The third-order valence-corrected chi connectivity index (χ3v) is 4.88. The average molecular weight is 490 g/mol. The Bertz CT molecular complexity index is 688. The van der Waals surface area contributed by atoms with Crippen LogP contribution in [0.3, 0.4) is 0 Å². The van der Waals surface area contributed by atoms with Crippen LogP contribution < -0.4 is 10.6 Å². The van der Waals surface area contributed by atoms with Crippen molar-refractivity contribution in [2.75, 3.05) is 19.6 Å². The van der Waals surface area contributed by atoms with Gasteiger partial charge in [0.25, 0.3) is 0 Å². The van der Waals surface area contributed by atoms with E-state index in [9.17, 15) is 4.39 Å². The van der Waals surface area contributed by atoms with Gasteiger partial charge in [0.05, 0.1) is 10.7 Å². The summed E-state index contributed by atoms with van der Waals surface area (Å²) >= 11 is 1.71. The highest BCUT2D eigenvalue weighted by Gasteiger charge is 2.06. The standard InChI is InChI=1S/C19H27FN4S.HI/c1-4-21-19(22-11-9-15-7-5-6-8-17(15)20)23-12-10-16-13-25-18(24-16)14(2)3;/h5-8,13-14H,4,9-12H2,1-3H3,(H2,21,22,23);1H. The van der Waals surface area contributed by atoms with E-state index >= 15 is 0 Å². The van der Waals surface area contributed by atoms with Gasteiger partial charge in [0.15, 0.2) is 5.96 Å². The van der Waals surface area contributed by atoms with Crippen LogP contribution in [0.2, 0.25) is 0 Å². The predicted octanol–water partition coefficient (Wildman–Crippen LogP) is 4.36. The van der Waals surface area contributed by atoms with Gasteiger partial charge >= 0.3 is 0 Å². The van der Waals surface area contributed by atoms with Gasteiger partial charge in [0.1, 0.15) is 5.82 Å². The van der Waals surface area contributed by atoms with Gasteiger partial charge in [-0.1, -0.05) is 32.0 Å². The van der Waals surface area contributed by atoms with Crippen LogP contribution in [0.5, 0.6) is 0 Å². The maximum atomic E-state index is 13.6. The molecule has 0 atom stereocenters. The Morgan fingerprint density at radius 2 is 2.00 bits per heavy atom. The molecule has 1 heterocycles. The number of hydrogen-bond acceptors (Lipinski definition) is 3. The first-order chi connectivity index (χ1) is 12.1. The molecule has 0 aliphatic rings. The smallest absolute Gasteiger partial charge is 0.191 e. The average Bonchev–Trinajstić information content (AvgIpc) is 3.06. The van der Waals surface area contributed by atoms with Crippen LogP contribution in [-0.2, 0) is 12.8 Å². The molecule has 0 saturated heterocycles. The van der Waals surface area contributed by atoms with Crippen molar-refractivity contribution in [2.45, 2.75) is 39.5 Å². The second kappa shape index (κ2) is 12.2. The van der Waals surface area contributed by atoms with E-state index < -0.39 is 0 Å². The van der Waals surface area contributed by atoms with Gasteiger partial charge in [-0.05, 0) is 25.0 Å². The summed E-state index contributed by atoms with van der Waals surface area (Å²) in [6.07, 6.45) is 1.45. The Balaban J connectivity index is 0.00000338. The van der Waals surface area contributed by atoms with Gasteiger partial charge in [-0.2, -0.15) is 0 Å². The summed E-state index contributed by atoms with van der Waals surface area (Å²) in [5, 5.41) is 9.77. The first-order valence-electron chi connectivity index (χ1n) is 8.80. The molecule has 7 heteroatoms. The molecule has 0 aliphatic heterocycles. The molecule has 0 spiro atoms. The van der Waals surface area contributed by atoms with E-state index in [1.54, 1.807) is 17.4 Å². The molecule has 4 nitrogen and oxygen atoms in total. The zero-order chi connectivity index (χ0) is 18.1. The van der Waals surface area contributed by atoms with Crippen molar-refractivity contribution in [1.29, 1.82) is 0 Å². The van der Waals surface area contributed by atoms with Gasteiger partial charge in [0.2, 0.25) is 0 Å². The maximum absolute atomic E-state index is 13.6. The summed E-state index contributed by atoms with van der Waals surface area (Å²) in [5.41, 5.74) is 1.81. The Hall–Kier alpha value is -1.22. The summed E-state index contributed by atoms with van der Waals surface area (Å²) < 4.78 is 13.6. The van der Waals surface area contributed by atoms with Crippen molar-refractivity contribution < 1.29 is 4.39 Å². The molecule has 0 fully saturated rings. The Labute approximate surface area is 176 Å². The van der Waals surface area contributed by atoms with Crippen LogP contribution in [0.15, 0.2) is 34.6 Å². The number of benzene rings is 1. The van der Waals surface area contributed by atoms with Gasteiger partial charge in [0, 0.05) is 37.4 Å². The number of nitrogens with one attached hydrogen (secondary N) is 2. The highest BCUT2D eigenvalue weighted by Crippen LogP contribution is 2.19. The lowest BCUT2D eigenvalue weighted by Gasteiger charge is -2.11. The molecule has 0 bridgehead atoms. The van der Waals surface area contributed by atoms with Crippen molar-refractivity contribution in [2.24, 2.45) is 4.99 Å². The summed E-state index contributed by atoms with van der Waals surface area (Å²) in [6.45, 7) is 8.45. The molecule has 1 aromatic heterocycles. The Kier molecular flexibility index (Phi) is 10.7. The molecule has 2 N–H and O–H groups in total. The van der Waals surface area contributed by atoms with Gasteiger partial charge in [-0.3, -0.25) is 4.99 Å². The minimum absolute atomic E-state index is 0. The van der Waals surface area contributed by atoms with Gasteiger partial charge < -0.3 is 10.6 Å². The van der Waals surface area contributed by atoms with E-state index in [0.29, 0.717) is 25.4 Å². The van der Waals surface area contributed by atoms with E-state index in [0.717, 1.165) is 30.2 Å². The van der Waals surface area contributed by atoms with Crippen LogP contribution in [0.4, 0.5) is 4.39 Å². The second-order valence-electron chi connectivity index (χ2n) is 6.11. The fourth-order valence-electron chi connectivity index (χ4n) is 2.34. The van der Waals surface area contributed by atoms with E-state index in [1.807, 2.05) is 19.1 Å². The second-order valence-corrected chi connectivity index (χ2v) is 7.00. The van der Waals surface area contributed by atoms with Gasteiger partial charge in [-0.25, -0.2) is 9.37 Å². The summed E-state index contributed by atoms with van der Waals surface area (Å²) in [6, 6.07) is 6.88. The van der Waals surface area contributed by atoms with Crippen LogP contribution in [0.25, 0.3) is 0 Å². The number of aromatic nitrogens is 1. The number of hydrogen-bond donors (Lipinski definition) is 2. The fraction of sp³-hybridized carbons (Fsp3) is 0.474. The normalized spacial score (nSPS) is 11.3. The van der Waals surface area contributed by atoms with Crippen LogP contribution in [0, 0.1) is 5.82 Å². The largest absolute Gasteiger partial charge is 0.357 e. The Morgan fingerprint density at radius 3 is 2.65 bits per heavy atom. The maximum Gasteiger partial charge on any atom is 0.191 e. The molecule has 2 aromatic rings. The van der Waals surface area contributed by atoms with Crippen molar-refractivity contribution >= 4 is 41.3 Å². The van der Waals surface area contributed by atoms with Crippen LogP contribution >= 0.6 is 35.3 Å². The zero-order valence-electron chi connectivity index (χ0n) is 15.6. The zero-order valence-corrected chi connectivity index (χ0v) is 18.7. The van der Waals surface area contributed by atoms with E-state index in [4.69, 9.17) is 0 Å². The third-order valence-electron chi connectivity index (χ3n) is 3.69. The minimum Gasteiger partial charge on any atom is -0.357 e. The van der Waals surface area contributed by atoms with Crippen molar-refractivity contribution in [3.63, 3.8) is 0 Å². The highest BCUT2D eigenvalue weighted by atomic mass is 127. The van der Waals surface area contributed by atoms with Crippen LogP contribution in [0.1, 0.15) is 43.0 Å². The number of halogens is 2. The molecule has 0 aliphatic carbocycles. The quantitative estimate of drug-likeness (QED) is 0.329. The lowest BCUT2D eigenvalue weighted by molar-refractivity contribution is 0.606. The van der Waals surface area contributed by atoms with Crippen molar-refractivity contribution in [3.05, 3.63) is 51.7 Å². The summed E-state index contributed by atoms with van der Waals surface area (Å²) in [4.78, 5) is 9.21. The molecule has 2 rings (SSSR count). The van der Waals surface area contributed by atoms with Gasteiger partial charge in [-0.15, -0.1) is 35.3 Å². The highest BCUT2D eigenvalue weighted by molar-refractivity contribution is 14.0. The van der Waals surface area contributed by atoms with E-state index in [-0.39, 0.29) is 29.8 Å². The van der Waals surface area contributed by atoms with E-state index in [2.05, 4.69) is 39.8 Å². The molecular formula is C19H28FIN4S. The van der Waals surface area contributed by atoms with E-state index in [1.165, 1.54) is 11.1 Å². The molecule has 0 radical (unpaired) electrons. The number of rotatable bonds is 8. The molecule has 1 aromatic carbocycles. The molecule has 144 valence electrons. The summed E-state index contributed by atoms with van der Waals surface area (Å²) in [5.74, 6) is 1.08. The number of guanidine groups is 1. The predicted molar refractivity (Wildman–Crippen MR) is 119 cm³/mol. The summed E-state index contributed by atoms with van der Waals surface area (Å²) in [7, 11) is 0. The van der Waals surface area contributed by atoms with Crippen molar-refractivity contribution in [1.82, 2.24) is 15.6 Å².